The maximum absolute atomic E-state index is 5.73. The molecule has 1 unspecified atom stereocenters. The Kier molecular flexibility index (Phi) is 5.28. The Hall–Kier alpha value is -1.94. The minimum absolute atomic E-state index is 0.0260. The highest BCUT2D eigenvalue weighted by Gasteiger charge is 2.16. The van der Waals surface area contributed by atoms with Crippen molar-refractivity contribution in [1.29, 1.82) is 0 Å². The zero-order chi connectivity index (χ0) is 15.2. The molecule has 1 N–H and O–H groups in total. The van der Waals surface area contributed by atoms with Gasteiger partial charge in [0.25, 0.3) is 0 Å². The molecule has 4 nitrogen and oxygen atoms in total. The molecule has 2 aromatic heterocycles. The van der Waals surface area contributed by atoms with Crippen LogP contribution in [0.5, 0.6) is 5.75 Å². The summed E-state index contributed by atoms with van der Waals surface area (Å²) in [5.41, 5.74) is 3.26. The molecule has 0 radical (unpaired) electrons. The molecule has 0 amide bonds. The van der Waals surface area contributed by atoms with E-state index >= 15 is 0 Å². The summed E-state index contributed by atoms with van der Waals surface area (Å²) in [7, 11) is 0. The first-order valence-electron chi connectivity index (χ1n) is 7.37. The van der Waals surface area contributed by atoms with Crippen LogP contribution in [0, 0.1) is 6.92 Å². The molecule has 2 heterocycles. The smallest absolute Gasteiger partial charge is 0.138 e. The molecule has 0 aliphatic rings. The van der Waals surface area contributed by atoms with Gasteiger partial charge < -0.3 is 10.1 Å². The van der Waals surface area contributed by atoms with Gasteiger partial charge in [-0.3, -0.25) is 9.97 Å². The van der Waals surface area contributed by atoms with Crippen LogP contribution in [-0.4, -0.2) is 22.6 Å². The minimum Gasteiger partial charge on any atom is -0.489 e. The molecule has 2 rings (SSSR count). The highest BCUT2D eigenvalue weighted by molar-refractivity contribution is 5.32. The van der Waals surface area contributed by atoms with E-state index in [9.17, 15) is 0 Å². The van der Waals surface area contributed by atoms with Gasteiger partial charge in [0.1, 0.15) is 5.75 Å². The first-order chi connectivity index (χ1) is 10.1. The van der Waals surface area contributed by atoms with Crippen molar-refractivity contribution in [3.8, 4) is 5.75 Å². The fourth-order valence-electron chi connectivity index (χ4n) is 2.24. The van der Waals surface area contributed by atoms with Gasteiger partial charge in [-0.05, 0) is 56.6 Å². The second-order valence-corrected chi connectivity index (χ2v) is 5.37. The number of aryl methyl sites for hydroxylation is 1. The van der Waals surface area contributed by atoms with Crippen molar-refractivity contribution < 1.29 is 4.74 Å². The summed E-state index contributed by atoms with van der Waals surface area (Å²) in [6.07, 6.45) is 5.59. The van der Waals surface area contributed by atoms with E-state index < -0.39 is 0 Å². The van der Waals surface area contributed by atoms with Gasteiger partial charge in [-0.2, -0.15) is 0 Å². The van der Waals surface area contributed by atoms with Crippen molar-refractivity contribution in [3.05, 3.63) is 53.6 Å². The zero-order valence-electron chi connectivity index (χ0n) is 13.1. The van der Waals surface area contributed by atoms with E-state index in [1.165, 1.54) is 5.56 Å². The van der Waals surface area contributed by atoms with Gasteiger partial charge in [-0.15, -0.1) is 0 Å². The molecular weight excluding hydrogens is 262 g/mol. The predicted octanol–water partition coefficient (Wildman–Crippen LogP) is 3.27. The standard InChI is InChI=1S/C17H23N3O/c1-5-19-17(16-8-13(4)6-7-20-16)14-9-15(11-18-10-14)21-12(2)3/h6-12,17,19H,5H2,1-4H3. The van der Waals surface area contributed by atoms with Crippen LogP contribution in [0.4, 0.5) is 0 Å². The van der Waals surface area contributed by atoms with Crippen molar-refractivity contribution in [2.75, 3.05) is 6.54 Å². The van der Waals surface area contributed by atoms with Crippen molar-refractivity contribution in [2.45, 2.75) is 39.8 Å². The maximum atomic E-state index is 5.73. The van der Waals surface area contributed by atoms with E-state index in [0.717, 1.165) is 23.6 Å². The third-order valence-corrected chi connectivity index (χ3v) is 3.08. The average Bonchev–Trinajstić information content (AvgIpc) is 2.44. The van der Waals surface area contributed by atoms with Gasteiger partial charge in [0.2, 0.25) is 0 Å². The third-order valence-electron chi connectivity index (χ3n) is 3.08. The van der Waals surface area contributed by atoms with Gasteiger partial charge in [0.15, 0.2) is 0 Å². The highest BCUT2D eigenvalue weighted by Crippen LogP contribution is 2.24. The normalized spacial score (nSPS) is 12.4. The van der Waals surface area contributed by atoms with Crippen LogP contribution in [0.3, 0.4) is 0 Å². The van der Waals surface area contributed by atoms with E-state index in [4.69, 9.17) is 4.74 Å². The number of nitrogens with zero attached hydrogens (tertiary/aromatic N) is 2. The van der Waals surface area contributed by atoms with Gasteiger partial charge in [-0.1, -0.05) is 6.92 Å². The van der Waals surface area contributed by atoms with Crippen LogP contribution in [0.1, 0.15) is 43.6 Å². The summed E-state index contributed by atoms with van der Waals surface area (Å²) in [5, 5.41) is 3.46. The van der Waals surface area contributed by atoms with Crippen molar-refractivity contribution in [2.24, 2.45) is 0 Å². The van der Waals surface area contributed by atoms with Crippen LogP contribution in [0.15, 0.2) is 36.8 Å². The first-order valence-corrected chi connectivity index (χ1v) is 7.37. The number of nitrogens with one attached hydrogen (secondary N) is 1. The maximum Gasteiger partial charge on any atom is 0.138 e. The number of aromatic nitrogens is 2. The van der Waals surface area contributed by atoms with E-state index in [1.807, 2.05) is 38.4 Å². The Balaban J connectivity index is 2.34. The van der Waals surface area contributed by atoms with E-state index in [0.29, 0.717) is 0 Å². The average molecular weight is 285 g/mol. The number of hydrogen-bond acceptors (Lipinski definition) is 4. The Morgan fingerprint density at radius 3 is 2.71 bits per heavy atom. The zero-order valence-corrected chi connectivity index (χ0v) is 13.1. The molecule has 2 aromatic rings. The van der Waals surface area contributed by atoms with Gasteiger partial charge in [0.05, 0.1) is 24.0 Å². The number of ether oxygens (including phenoxy) is 1. The van der Waals surface area contributed by atoms with Crippen LogP contribution in [0.2, 0.25) is 0 Å². The molecule has 0 saturated carbocycles. The highest BCUT2D eigenvalue weighted by atomic mass is 16.5. The predicted molar refractivity (Wildman–Crippen MR) is 84.5 cm³/mol. The fraction of sp³-hybridized carbons (Fsp3) is 0.412. The summed E-state index contributed by atoms with van der Waals surface area (Å²) in [6.45, 7) is 9.04. The number of hydrogen-bond donors (Lipinski definition) is 1. The van der Waals surface area contributed by atoms with Crippen molar-refractivity contribution >= 4 is 0 Å². The lowest BCUT2D eigenvalue weighted by atomic mass is 10.0. The Bertz CT molecular complexity index is 584. The van der Waals surface area contributed by atoms with Gasteiger partial charge in [-0.25, -0.2) is 0 Å². The number of pyridine rings is 2. The van der Waals surface area contributed by atoms with Crippen molar-refractivity contribution in [1.82, 2.24) is 15.3 Å². The monoisotopic (exact) mass is 285 g/mol. The van der Waals surface area contributed by atoms with Crippen LogP contribution in [0.25, 0.3) is 0 Å². The molecule has 0 aliphatic carbocycles. The topological polar surface area (TPSA) is 47.0 Å². The summed E-state index contributed by atoms with van der Waals surface area (Å²) >= 11 is 0. The molecular formula is C17H23N3O. The lowest BCUT2D eigenvalue weighted by Crippen LogP contribution is -2.23. The molecule has 0 aliphatic heterocycles. The molecule has 0 spiro atoms. The third kappa shape index (κ3) is 4.26. The van der Waals surface area contributed by atoms with Gasteiger partial charge >= 0.3 is 0 Å². The molecule has 0 aromatic carbocycles. The second-order valence-electron chi connectivity index (χ2n) is 5.37. The second kappa shape index (κ2) is 7.18. The molecule has 0 bridgehead atoms. The first kappa shape index (κ1) is 15.4. The largest absolute Gasteiger partial charge is 0.489 e. The number of rotatable bonds is 6. The SMILES string of the molecule is CCNC(c1cncc(OC(C)C)c1)c1cc(C)ccn1. The minimum atomic E-state index is 0.0260. The molecule has 1 atom stereocenters. The molecule has 21 heavy (non-hydrogen) atoms. The lowest BCUT2D eigenvalue weighted by Gasteiger charge is -2.19. The summed E-state index contributed by atoms with van der Waals surface area (Å²) in [5.74, 6) is 0.790. The van der Waals surface area contributed by atoms with Crippen molar-refractivity contribution in [3.63, 3.8) is 0 Å². The van der Waals surface area contributed by atoms with Crippen LogP contribution < -0.4 is 10.1 Å². The molecule has 0 saturated heterocycles. The Labute approximate surface area is 126 Å². The van der Waals surface area contributed by atoms with Crippen LogP contribution >= 0.6 is 0 Å². The Morgan fingerprint density at radius 2 is 2.05 bits per heavy atom. The summed E-state index contributed by atoms with van der Waals surface area (Å²) in [6, 6.07) is 6.16. The fourth-order valence-corrected chi connectivity index (χ4v) is 2.24. The Morgan fingerprint density at radius 1 is 1.24 bits per heavy atom. The summed E-state index contributed by atoms with van der Waals surface area (Å²) < 4.78 is 5.73. The van der Waals surface area contributed by atoms with E-state index in [-0.39, 0.29) is 12.1 Å². The molecule has 0 fully saturated rings. The van der Waals surface area contributed by atoms with E-state index in [1.54, 1.807) is 6.20 Å². The summed E-state index contributed by atoms with van der Waals surface area (Å²) in [4.78, 5) is 8.79. The van der Waals surface area contributed by atoms with Gasteiger partial charge in [0, 0.05) is 12.4 Å². The van der Waals surface area contributed by atoms with Crippen LogP contribution in [-0.2, 0) is 0 Å². The quantitative estimate of drug-likeness (QED) is 0.885. The molecule has 4 heteroatoms. The van der Waals surface area contributed by atoms with E-state index in [2.05, 4.69) is 35.2 Å². The molecule has 112 valence electrons. The lowest BCUT2D eigenvalue weighted by molar-refractivity contribution is 0.241.